The van der Waals surface area contributed by atoms with Crippen LogP contribution < -0.4 is 0 Å². The van der Waals surface area contributed by atoms with E-state index < -0.39 is 11.0 Å². The predicted molar refractivity (Wildman–Crippen MR) is 94.7 cm³/mol. The maximum atomic E-state index is 12.4. The molecule has 1 N–H and O–H groups in total. The van der Waals surface area contributed by atoms with Crippen molar-refractivity contribution in [2.75, 3.05) is 13.2 Å². The third kappa shape index (κ3) is 11.5. The molecule has 146 valence electrons. The molecule has 0 radical (unpaired) electrons. The number of hydrogen-bond donors (Lipinski definition) is 1. The zero-order chi connectivity index (χ0) is 19.7. The van der Waals surface area contributed by atoms with Crippen LogP contribution in [-0.2, 0) is 19.1 Å². The van der Waals surface area contributed by atoms with E-state index in [1.54, 1.807) is 20.8 Å². The molecule has 7 nitrogen and oxygen atoms in total. The molecule has 0 aliphatic carbocycles. The highest BCUT2D eigenvalue weighted by Gasteiger charge is 2.30. The van der Waals surface area contributed by atoms with Gasteiger partial charge >= 0.3 is 5.97 Å². The fourth-order valence-electron chi connectivity index (χ4n) is 2.45. The fraction of sp³-hybridized carbons (Fsp3) is 0.833. The van der Waals surface area contributed by atoms with E-state index in [2.05, 4.69) is 0 Å². The number of ether oxygens (including phenoxy) is 1. The number of amides is 2. The van der Waals surface area contributed by atoms with Crippen LogP contribution in [-0.4, -0.2) is 52.3 Å². The Balaban J connectivity index is 4.91. The predicted octanol–water partition coefficient (Wildman–Crippen LogP) is 2.96. The number of esters is 1. The van der Waals surface area contributed by atoms with Gasteiger partial charge in [0.2, 0.25) is 12.3 Å². The van der Waals surface area contributed by atoms with Crippen LogP contribution in [0.1, 0.15) is 73.6 Å². The second-order valence-electron chi connectivity index (χ2n) is 8.16. The number of carbonyl (C=O) groups is 3. The van der Waals surface area contributed by atoms with Crippen molar-refractivity contribution >= 4 is 18.3 Å². The van der Waals surface area contributed by atoms with Crippen LogP contribution in [0.25, 0.3) is 0 Å². The van der Waals surface area contributed by atoms with Crippen LogP contribution in [0.15, 0.2) is 0 Å². The molecule has 0 saturated carbocycles. The van der Waals surface area contributed by atoms with Crippen molar-refractivity contribution in [3.63, 3.8) is 0 Å². The smallest absolute Gasteiger partial charge is 0.306 e. The summed E-state index contributed by atoms with van der Waals surface area (Å²) >= 11 is 0. The third-order valence-corrected chi connectivity index (χ3v) is 3.45. The molecule has 0 aliphatic heterocycles. The normalized spacial score (nSPS) is 11.8. The molecule has 0 aliphatic rings. The van der Waals surface area contributed by atoms with Crippen LogP contribution in [0.5, 0.6) is 0 Å². The first-order valence-corrected chi connectivity index (χ1v) is 8.80. The number of carbonyl (C=O) groups excluding carboxylic acids is 3. The van der Waals surface area contributed by atoms with E-state index in [1.165, 1.54) is 4.90 Å². The van der Waals surface area contributed by atoms with E-state index in [0.717, 1.165) is 19.3 Å². The largest absolute Gasteiger partial charge is 0.460 e. The maximum absolute atomic E-state index is 12.4. The summed E-state index contributed by atoms with van der Waals surface area (Å²) in [7, 11) is 0. The zero-order valence-corrected chi connectivity index (χ0v) is 16.5. The fourth-order valence-corrected chi connectivity index (χ4v) is 2.45. The van der Waals surface area contributed by atoms with Gasteiger partial charge in [-0.2, -0.15) is 0 Å². The molecule has 0 aromatic carbocycles. The molecule has 7 heteroatoms. The van der Waals surface area contributed by atoms with E-state index in [1.807, 2.05) is 20.8 Å². The van der Waals surface area contributed by atoms with Gasteiger partial charge in [-0.25, -0.2) is 5.06 Å². The van der Waals surface area contributed by atoms with Gasteiger partial charge in [-0.05, 0) is 32.6 Å². The second kappa shape index (κ2) is 10.4. The Morgan fingerprint density at radius 1 is 1.12 bits per heavy atom. The van der Waals surface area contributed by atoms with E-state index in [-0.39, 0.29) is 37.9 Å². The number of unbranched alkanes of at least 4 members (excludes halogenated alkanes) is 2. The van der Waals surface area contributed by atoms with Crippen molar-refractivity contribution in [3.05, 3.63) is 0 Å². The van der Waals surface area contributed by atoms with Crippen molar-refractivity contribution in [2.24, 2.45) is 5.41 Å². The molecule has 0 spiro atoms. The summed E-state index contributed by atoms with van der Waals surface area (Å²) in [5.41, 5.74) is -1.12. The summed E-state index contributed by atoms with van der Waals surface area (Å²) in [5.74, 6) is -0.487. The minimum atomic E-state index is -0.567. The SMILES string of the molecule is CCCCCC(=O)N(CN(O)C=O)CC(C)(C)CC(=O)OC(C)(C)C. The summed E-state index contributed by atoms with van der Waals surface area (Å²) in [5, 5.41) is 9.89. The molecule has 0 aromatic heterocycles. The van der Waals surface area contributed by atoms with Gasteiger partial charge in [0.15, 0.2) is 0 Å². The Bertz CT molecular complexity index is 443. The van der Waals surface area contributed by atoms with Crippen molar-refractivity contribution in [3.8, 4) is 0 Å². The minimum absolute atomic E-state index is 0.134. The molecule has 2 amide bonds. The molecule has 0 unspecified atom stereocenters. The Morgan fingerprint density at radius 3 is 2.20 bits per heavy atom. The first-order chi connectivity index (χ1) is 11.4. The van der Waals surface area contributed by atoms with E-state index >= 15 is 0 Å². The lowest BCUT2D eigenvalue weighted by Crippen LogP contribution is -2.45. The van der Waals surface area contributed by atoms with Crippen molar-refractivity contribution < 1.29 is 24.3 Å². The molecule has 0 saturated heterocycles. The lowest BCUT2D eigenvalue weighted by atomic mass is 9.88. The molecule has 25 heavy (non-hydrogen) atoms. The first kappa shape index (κ1) is 23.4. The number of rotatable bonds is 11. The van der Waals surface area contributed by atoms with E-state index in [0.29, 0.717) is 11.5 Å². The quantitative estimate of drug-likeness (QED) is 0.153. The molecule has 0 aromatic rings. The van der Waals surface area contributed by atoms with Gasteiger partial charge in [-0.3, -0.25) is 19.6 Å². The molecular formula is C18H34N2O5. The Morgan fingerprint density at radius 2 is 1.72 bits per heavy atom. The summed E-state index contributed by atoms with van der Waals surface area (Å²) in [6.45, 7) is 11.2. The summed E-state index contributed by atoms with van der Waals surface area (Å²) in [6, 6.07) is 0. The first-order valence-electron chi connectivity index (χ1n) is 8.80. The average molecular weight is 358 g/mol. The van der Waals surface area contributed by atoms with Crippen molar-refractivity contribution in [1.29, 1.82) is 0 Å². The van der Waals surface area contributed by atoms with Gasteiger partial charge in [0.05, 0.1) is 6.42 Å². The van der Waals surface area contributed by atoms with Gasteiger partial charge in [0.1, 0.15) is 12.3 Å². The highest BCUT2D eigenvalue weighted by atomic mass is 16.6. The molecule has 0 fully saturated rings. The van der Waals surface area contributed by atoms with Crippen LogP contribution >= 0.6 is 0 Å². The number of hydroxylamine groups is 2. The van der Waals surface area contributed by atoms with Crippen LogP contribution in [0.3, 0.4) is 0 Å². The molecule has 0 heterocycles. The Labute approximate surface area is 151 Å². The highest BCUT2D eigenvalue weighted by Crippen LogP contribution is 2.25. The standard InChI is InChI=1S/C18H34N2O5/c1-7-8-9-10-15(22)19(13-20(24)14-21)12-18(5,6)11-16(23)25-17(2,3)4/h14,24H,7-13H2,1-6H3. The van der Waals surface area contributed by atoms with Gasteiger partial charge in [0, 0.05) is 13.0 Å². The van der Waals surface area contributed by atoms with Gasteiger partial charge in [-0.1, -0.05) is 33.6 Å². The van der Waals surface area contributed by atoms with Crippen LogP contribution in [0.4, 0.5) is 0 Å². The van der Waals surface area contributed by atoms with E-state index in [4.69, 9.17) is 4.74 Å². The number of nitrogens with zero attached hydrogens (tertiary/aromatic N) is 2. The minimum Gasteiger partial charge on any atom is -0.460 e. The lowest BCUT2D eigenvalue weighted by Gasteiger charge is -2.34. The van der Waals surface area contributed by atoms with Crippen LogP contribution in [0, 0.1) is 5.41 Å². The van der Waals surface area contributed by atoms with Crippen molar-refractivity contribution in [1.82, 2.24) is 9.96 Å². The zero-order valence-electron chi connectivity index (χ0n) is 16.5. The number of hydrogen-bond acceptors (Lipinski definition) is 5. The van der Waals surface area contributed by atoms with Gasteiger partial charge in [-0.15, -0.1) is 0 Å². The molecule has 0 rings (SSSR count). The average Bonchev–Trinajstić information content (AvgIpc) is 2.43. The summed E-state index contributed by atoms with van der Waals surface area (Å²) < 4.78 is 5.34. The van der Waals surface area contributed by atoms with Gasteiger partial charge in [0.25, 0.3) is 0 Å². The molecule has 0 bridgehead atoms. The second-order valence-corrected chi connectivity index (χ2v) is 8.16. The summed E-state index contributed by atoms with van der Waals surface area (Å²) in [6.07, 6.45) is 3.44. The maximum Gasteiger partial charge on any atom is 0.306 e. The highest BCUT2D eigenvalue weighted by molar-refractivity contribution is 5.76. The molecule has 0 atom stereocenters. The topological polar surface area (TPSA) is 87.2 Å². The van der Waals surface area contributed by atoms with Crippen LogP contribution in [0.2, 0.25) is 0 Å². The van der Waals surface area contributed by atoms with E-state index in [9.17, 15) is 19.6 Å². The Kier molecular flexibility index (Phi) is 9.70. The Hall–Kier alpha value is -1.63. The molecular weight excluding hydrogens is 324 g/mol. The lowest BCUT2D eigenvalue weighted by molar-refractivity contribution is -0.168. The summed E-state index contributed by atoms with van der Waals surface area (Å²) in [4.78, 5) is 36.6. The monoisotopic (exact) mass is 358 g/mol. The van der Waals surface area contributed by atoms with Gasteiger partial charge < -0.3 is 9.64 Å². The third-order valence-electron chi connectivity index (χ3n) is 3.45. The van der Waals surface area contributed by atoms with Crippen molar-refractivity contribution in [2.45, 2.75) is 79.2 Å².